The van der Waals surface area contributed by atoms with Gasteiger partial charge < -0.3 is 14.6 Å². The monoisotopic (exact) mass is 466 g/mol. The van der Waals surface area contributed by atoms with Crippen LogP contribution in [0.4, 0.5) is 5.82 Å². The number of carbonyl (C=O) groups excluding carboxylic acids is 1. The smallest absolute Gasteiger partial charge is 0.279 e. The third-order valence-electron chi connectivity index (χ3n) is 4.47. The number of anilines is 1. The number of amides is 1. The van der Waals surface area contributed by atoms with Crippen molar-refractivity contribution in [2.75, 3.05) is 5.32 Å². The van der Waals surface area contributed by atoms with Crippen LogP contribution in [0, 0.1) is 6.92 Å². The molecule has 2 aromatic heterocycles. The van der Waals surface area contributed by atoms with Crippen molar-refractivity contribution in [3.05, 3.63) is 93.9 Å². The minimum absolute atomic E-state index is 0.181. The highest BCUT2D eigenvalue weighted by Gasteiger charge is 2.21. The Hall–Kier alpha value is -3.39. The van der Waals surface area contributed by atoms with Crippen LogP contribution in [0.1, 0.15) is 27.4 Å². The molecule has 0 aliphatic carbocycles. The van der Waals surface area contributed by atoms with E-state index in [9.17, 15) is 4.79 Å². The van der Waals surface area contributed by atoms with Crippen molar-refractivity contribution in [2.45, 2.75) is 20.1 Å². The summed E-state index contributed by atoms with van der Waals surface area (Å²) < 4.78 is 13.7. The molecule has 1 N–H and O–H groups in total. The quantitative estimate of drug-likeness (QED) is 0.422. The number of carbonyl (C=O) groups is 1. The summed E-state index contributed by atoms with van der Waals surface area (Å²) >= 11 is 3.42. The number of nitrogens with one attached hydrogen (secondary N) is 1. The second-order valence-corrected chi connectivity index (χ2v) is 7.56. The summed E-state index contributed by atoms with van der Waals surface area (Å²) in [7, 11) is 0. The molecule has 8 heteroatoms. The van der Waals surface area contributed by atoms with E-state index in [1.165, 1.54) is 0 Å². The Morgan fingerprint density at radius 2 is 1.90 bits per heavy atom. The number of ether oxygens (including phenoxy) is 1. The highest BCUT2D eigenvalue weighted by Crippen LogP contribution is 2.19. The number of rotatable bonds is 7. The van der Waals surface area contributed by atoms with E-state index in [0.29, 0.717) is 29.4 Å². The van der Waals surface area contributed by atoms with E-state index in [0.717, 1.165) is 10.0 Å². The Labute approximate surface area is 181 Å². The molecule has 2 heterocycles. The number of benzene rings is 2. The Morgan fingerprint density at radius 1 is 1.13 bits per heavy atom. The van der Waals surface area contributed by atoms with Crippen molar-refractivity contribution in [3.63, 3.8) is 0 Å². The average Bonchev–Trinajstić information content (AvgIpc) is 3.35. The molecule has 0 aliphatic rings. The molecule has 2 aromatic carbocycles. The van der Waals surface area contributed by atoms with E-state index < -0.39 is 5.91 Å². The van der Waals surface area contributed by atoms with Gasteiger partial charge in [-0.25, -0.2) is 0 Å². The third kappa shape index (κ3) is 4.77. The molecule has 0 spiro atoms. The van der Waals surface area contributed by atoms with E-state index in [2.05, 4.69) is 31.5 Å². The van der Waals surface area contributed by atoms with Crippen LogP contribution in [0.5, 0.6) is 5.75 Å². The number of aromatic nitrogens is 3. The van der Waals surface area contributed by atoms with Gasteiger partial charge in [-0.05, 0) is 36.8 Å². The molecule has 152 valence electrons. The molecule has 1 amide bonds. The Kier molecular flexibility index (Phi) is 5.94. The van der Waals surface area contributed by atoms with Gasteiger partial charge in [0, 0.05) is 16.7 Å². The molecule has 0 saturated carbocycles. The molecule has 4 aromatic rings. The molecule has 0 atom stereocenters. The van der Waals surface area contributed by atoms with Crippen molar-refractivity contribution in [1.82, 2.24) is 14.9 Å². The normalized spacial score (nSPS) is 10.7. The van der Waals surface area contributed by atoms with Gasteiger partial charge >= 0.3 is 0 Å². The van der Waals surface area contributed by atoms with Crippen LogP contribution in [0.3, 0.4) is 0 Å². The second-order valence-electron chi connectivity index (χ2n) is 6.65. The van der Waals surface area contributed by atoms with Crippen molar-refractivity contribution >= 4 is 27.7 Å². The van der Waals surface area contributed by atoms with Gasteiger partial charge in [0.05, 0.1) is 12.1 Å². The standard InChI is InChI=1S/C22H19BrN4O3/c1-15-19(14-29-18-5-3-2-4-6-18)21(26-30-15)22(28)24-20-11-12-27(25-20)13-16-7-9-17(23)10-8-16/h2-12H,13-14H2,1H3,(H,24,25,28). The van der Waals surface area contributed by atoms with Crippen LogP contribution in [0.15, 0.2) is 75.9 Å². The van der Waals surface area contributed by atoms with E-state index >= 15 is 0 Å². The fraction of sp³-hybridized carbons (Fsp3) is 0.136. The Balaban J connectivity index is 1.42. The van der Waals surface area contributed by atoms with Gasteiger partial charge in [-0.15, -0.1) is 0 Å². The lowest BCUT2D eigenvalue weighted by molar-refractivity contribution is 0.101. The van der Waals surface area contributed by atoms with Crippen LogP contribution in [-0.4, -0.2) is 20.8 Å². The van der Waals surface area contributed by atoms with Gasteiger partial charge in [-0.2, -0.15) is 5.10 Å². The average molecular weight is 467 g/mol. The zero-order valence-corrected chi connectivity index (χ0v) is 17.8. The van der Waals surface area contributed by atoms with Crippen molar-refractivity contribution in [2.24, 2.45) is 0 Å². The number of hydrogen-bond donors (Lipinski definition) is 1. The van der Waals surface area contributed by atoms with Crippen LogP contribution in [0.25, 0.3) is 0 Å². The van der Waals surface area contributed by atoms with Crippen molar-refractivity contribution in [3.8, 4) is 5.75 Å². The lowest BCUT2D eigenvalue weighted by Crippen LogP contribution is -2.16. The summed E-state index contributed by atoms with van der Waals surface area (Å²) in [6, 6.07) is 19.1. The first-order valence-corrected chi connectivity index (χ1v) is 10.1. The number of nitrogens with zero attached hydrogens (tertiary/aromatic N) is 3. The molecule has 0 fully saturated rings. The number of halogens is 1. The minimum Gasteiger partial charge on any atom is -0.489 e. The SMILES string of the molecule is Cc1onc(C(=O)Nc2ccn(Cc3ccc(Br)cc3)n2)c1COc1ccccc1. The maximum Gasteiger partial charge on any atom is 0.279 e. The summed E-state index contributed by atoms with van der Waals surface area (Å²) in [5.74, 6) is 1.29. The Bertz CT molecular complexity index is 1140. The second kappa shape index (κ2) is 8.96. The van der Waals surface area contributed by atoms with Gasteiger partial charge in [0.25, 0.3) is 5.91 Å². The predicted molar refractivity (Wildman–Crippen MR) is 115 cm³/mol. The Morgan fingerprint density at radius 3 is 2.67 bits per heavy atom. The maximum atomic E-state index is 12.7. The fourth-order valence-corrected chi connectivity index (χ4v) is 3.14. The largest absolute Gasteiger partial charge is 0.489 e. The van der Waals surface area contributed by atoms with E-state index in [1.54, 1.807) is 17.7 Å². The molecule has 30 heavy (non-hydrogen) atoms. The molecule has 0 saturated heterocycles. The van der Waals surface area contributed by atoms with Crippen LogP contribution in [-0.2, 0) is 13.2 Å². The zero-order chi connectivity index (χ0) is 20.9. The lowest BCUT2D eigenvalue weighted by atomic mass is 10.2. The molecular formula is C22H19BrN4O3. The first kappa shape index (κ1) is 19.9. The third-order valence-corrected chi connectivity index (χ3v) is 4.99. The number of aryl methyl sites for hydroxylation is 1. The van der Waals surface area contributed by atoms with Gasteiger partial charge in [-0.3, -0.25) is 9.48 Å². The summed E-state index contributed by atoms with van der Waals surface area (Å²) in [6.45, 7) is 2.53. The zero-order valence-electron chi connectivity index (χ0n) is 16.2. The summed E-state index contributed by atoms with van der Waals surface area (Å²) in [5, 5.41) is 11.1. The molecule has 0 radical (unpaired) electrons. The molecule has 0 bridgehead atoms. The van der Waals surface area contributed by atoms with Crippen LogP contribution >= 0.6 is 15.9 Å². The van der Waals surface area contributed by atoms with Gasteiger partial charge in [0.15, 0.2) is 11.5 Å². The highest BCUT2D eigenvalue weighted by atomic mass is 79.9. The maximum absolute atomic E-state index is 12.7. The molecule has 4 rings (SSSR count). The molecule has 7 nitrogen and oxygen atoms in total. The van der Waals surface area contributed by atoms with Gasteiger partial charge in [-0.1, -0.05) is 51.4 Å². The van der Waals surface area contributed by atoms with Crippen molar-refractivity contribution in [1.29, 1.82) is 0 Å². The first-order chi connectivity index (χ1) is 14.6. The summed E-state index contributed by atoms with van der Waals surface area (Å²) in [4.78, 5) is 12.7. The lowest BCUT2D eigenvalue weighted by Gasteiger charge is -2.06. The van der Waals surface area contributed by atoms with Crippen LogP contribution < -0.4 is 10.1 Å². The molecular weight excluding hydrogens is 448 g/mol. The first-order valence-electron chi connectivity index (χ1n) is 9.31. The predicted octanol–water partition coefficient (Wildman–Crippen LogP) is 4.82. The summed E-state index contributed by atoms with van der Waals surface area (Å²) in [5.41, 5.74) is 1.89. The topological polar surface area (TPSA) is 82.2 Å². The highest BCUT2D eigenvalue weighted by molar-refractivity contribution is 9.10. The number of hydrogen-bond acceptors (Lipinski definition) is 5. The van der Waals surface area contributed by atoms with E-state index in [1.807, 2.05) is 60.8 Å². The molecule has 0 aliphatic heterocycles. The number of para-hydroxylation sites is 1. The van der Waals surface area contributed by atoms with E-state index in [4.69, 9.17) is 9.26 Å². The van der Waals surface area contributed by atoms with E-state index in [-0.39, 0.29) is 12.3 Å². The van der Waals surface area contributed by atoms with Crippen LogP contribution in [0.2, 0.25) is 0 Å². The van der Waals surface area contributed by atoms with Gasteiger partial charge in [0.2, 0.25) is 0 Å². The van der Waals surface area contributed by atoms with Gasteiger partial charge in [0.1, 0.15) is 18.1 Å². The minimum atomic E-state index is -0.396. The fourth-order valence-electron chi connectivity index (χ4n) is 2.88. The molecule has 0 unspecified atom stereocenters. The summed E-state index contributed by atoms with van der Waals surface area (Å²) in [6.07, 6.45) is 1.81. The van der Waals surface area contributed by atoms with Crippen molar-refractivity contribution < 1.29 is 14.1 Å².